The topological polar surface area (TPSA) is 62.5 Å². The minimum Gasteiger partial charge on any atom is -0.461 e. The molecule has 1 aromatic carbocycles. The molecule has 1 aromatic heterocycles. The van der Waals surface area contributed by atoms with E-state index in [2.05, 4.69) is 21.2 Å². The number of hydrogen-bond acceptors (Lipinski definition) is 3. The lowest BCUT2D eigenvalue weighted by Crippen LogP contribution is -2.26. The smallest absolute Gasteiger partial charge is 0.254 e. The Balaban J connectivity index is 2.25. The summed E-state index contributed by atoms with van der Waals surface area (Å²) in [7, 11) is 0. The zero-order chi connectivity index (χ0) is 13.8. The standard InChI is InChI=1S/C14H14BrNO3/c1-9-12(14(18)16-6-7-17)8-13(19-9)10-2-4-11(15)5-3-10/h2-5,8,17H,6-7H2,1H3,(H,16,18). The van der Waals surface area contributed by atoms with Crippen LogP contribution in [0.2, 0.25) is 0 Å². The average Bonchev–Trinajstić information content (AvgIpc) is 2.79. The molecule has 0 spiro atoms. The van der Waals surface area contributed by atoms with Crippen molar-refractivity contribution in [3.05, 3.63) is 46.1 Å². The van der Waals surface area contributed by atoms with Crippen LogP contribution in [0.5, 0.6) is 0 Å². The van der Waals surface area contributed by atoms with Crippen molar-refractivity contribution in [2.45, 2.75) is 6.92 Å². The summed E-state index contributed by atoms with van der Waals surface area (Å²) < 4.78 is 6.59. The van der Waals surface area contributed by atoms with Crippen molar-refractivity contribution < 1.29 is 14.3 Å². The van der Waals surface area contributed by atoms with Crippen molar-refractivity contribution in [3.63, 3.8) is 0 Å². The van der Waals surface area contributed by atoms with Gasteiger partial charge in [-0.1, -0.05) is 28.1 Å². The zero-order valence-corrected chi connectivity index (χ0v) is 12.0. The largest absolute Gasteiger partial charge is 0.461 e. The molecule has 0 bridgehead atoms. The van der Waals surface area contributed by atoms with Crippen LogP contribution < -0.4 is 5.32 Å². The van der Waals surface area contributed by atoms with Gasteiger partial charge in [-0.25, -0.2) is 0 Å². The highest BCUT2D eigenvalue weighted by Gasteiger charge is 2.15. The summed E-state index contributed by atoms with van der Waals surface area (Å²) in [6.45, 7) is 1.90. The van der Waals surface area contributed by atoms with E-state index in [0.717, 1.165) is 10.0 Å². The molecule has 2 N–H and O–H groups in total. The first kappa shape index (κ1) is 13.8. The lowest BCUT2D eigenvalue weighted by atomic mass is 10.1. The molecule has 0 fully saturated rings. The maximum atomic E-state index is 11.8. The summed E-state index contributed by atoms with van der Waals surface area (Å²) >= 11 is 3.37. The fourth-order valence-electron chi connectivity index (χ4n) is 1.73. The molecule has 0 atom stereocenters. The number of aliphatic hydroxyl groups is 1. The van der Waals surface area contributed by atoms with E-state index in [1.807, 2.05) is 24.3 Å². The Kier molecular flexibility index (Phi) is 4.39. The van der Waals surface area contributed by atoms with Gasteiger partial charge in [-0.15, -0.1) is 0 Å². The number of aryl methyl sites for hydroxylation is 1. The van der Waals surface area contributed by atoms with Gasteiger partial charge in [-0.2, -0.15) is 0 Å². The summed E-state index contributed by atoms with van der Waals surface area (Å²) in [6.07, 6.45) is 0. The number of benzene rings is 1. The molecule has 4 nitrogen and oxygen atoms in total. The first-order chi connectivity index (χ1) is 9.11. The summed E-state index contributed by atoms with van der Waals surface area (Å²) in [4.78, 5) is 11.8. The van der Waals surface area contributed by atoms with Gasteiger partial charge >= 0.3 is 0 Å². The van der Waals surface area contributed by atoms with E-state index < -0.39 is 0 Å². The van der Waals surface area contributed by atoms with E-state index in [1.54, 1.807) is 13.0 Å². The van der Waals surface area contributed by atoms with Crippen LogP contribution in [0.4, 0.5) is 0 Å². The molecule has 0 unspecified atom stereocenters. The van der Waals surface area contributed by atoms with Crippen LogP contribution in [-0.4, -0.2) is 24.2 Å². The van der Waals surface area contributed by atoms with Gasteiger partial charge in [0.2, 0.25) is 0 Å². The summed E-state index contributed by atoms with van der Waals surface area (Å²) in [5, 5.41) is 11.3. The van der Waals surface area contributed by atoms with Crippen molar-refractivity contribution in [2.24, 2.45) is 0 Å². The van der Waals surface area contributed by atoms with E-state index in [0.29, 0.717) is 17.1 Å². The van der Waals surface area contributed by atoms with Crippen molar-refractivity contribution in [2.75, 3.05) is 13.2 Å². The van der Waals surface area contributed by atoms with E-state index in [4.69, 9.17) is 9.52 Å². The highest BCUT2D eigenvalue weighted by atomic mass is 79.9. The lowest BCUT2D eigenvalue weighted by molar-refractivity contribution is 0.0943. The van der Waals surface area contributed by atoms with E-state index >= 15 is 0 Å². The van der Waals surface area contributed by atoms with Crippen LogP contribution in [0.3, 0.4) is 0 Å². The van der Waals surface area contributed by atoms with Gasteiger partial charge in [0.15, 0.2) is 0 Å². The van der Waals surface area contributed by atoms with Gasteiger partial charge in [0.05, 0.1) is 12.2 Å². The van der Waals surface area contributed by atoms with Crippen molar-refractivity contribution in [1.29, 1.82) is 0 Å². The molecule has 1 amide bonds. The molecule has 1 heterocycles. The molecular weight excluding hydrogens is 310 g/mol. The molecular formula is C14H14BrNO3. The molecule has 0 saturated heterocycles. The number of nitrogens with one attached hydrogen (secondary N) is 1. The van der Waals surface area contributed by atoms with Gasteiger partial charge in [0.1, 0.15) is 11.5 Å². The Hall–Kier alpha value is -1.59. The Morgan fingerprint density at radius 2 is 2.05 bits per heavy atom. The van der Waals surface area contributed by atoms with E-state index in [1.165, 1.54) is 0 Å². The molecule has 0 saturated carbocycles. The van der Waals surface area contributed by atoms with Crippen LogP contribution in [0.25, 0.3) is 11.3 Å². The Morgan fingerprint density at radius 3 is 2.68 bits per heavy atom. The van der Waals surface area contributed by atoms with Crippen molar-refractivity contribution in [3.8, 4) is 11.3 Å². The first-order valence-electron chi connectivity index (χ1n) is 5.87. The van der Waals surface area contributed by atoms with Crippen LogP contribution in [0.15, 0.2) is 39.2 Å². The van der Waals surface area contributed by atoms with Crippen LogP contribution in [0, 0.1) is 6.92 Å². The molecule has 0 aliphatic heterocycles. The summed E-state index contributed by atoms with van der Waals surface area (Å²) in [5.41, 5.74) is 1.40. The maximum absolute atomic E-state index is 11.8. The van der Waals surface area contributed by atoms with Gasteiger partial charge < -0.3 is 14.8 Å². The summed E-state index contributed by atoms with van der Waals surface area (Å²) in [6, 6.07) is 9.37. The third-order valence-corrected chi connectivity index (χ3v) is 3.22. The number of furan rings is 1. The third kappa shape index (κ3) is 3.24. The van der Waals surface area contributed by atoms with Crippen LogP contribution >= 0.6 is 15.9 Å². The molecule has 0 aliphatic rings. The minimum absolute atomic E-state index is 0.0811. The molecule has 100 valence electrons. The number of halogens is 1. The molecule has 19 heavy (non-hydrogen) atoms. The summed E-state index contributed by atoms with van der Waals surface area (Å²) in [5.74, 6) is 0.978. The predicted molar refractivity (Wildman–Crippen MR) is 76.0 cm³/mol. The quantitative estimate of drug-likeness (QED) is 0.909. The number of rotatable bonds is 4. The Bertz CT molecular complexity index is 575. The highest BCUT2D eigenvalue weighted by molar-refractivity contribution is 9.10. The zero-order valence-electron chi connectivity index (χ0n) is 10.4. The van der Waals surface area contributed by atoms with E-state index in [9.17, 15) is 4.79 Å². The third-order valence-electron chi connectivity index (χ3n) is 2.69. The van der Waals surface area contributed by atoms with Gasteiger partial charge in [0.25, 0.3) is 5.91 Å². The number of hydrogen-bond donors (Lipinski definition) is 2. The first-order valence-corrected chi connectivity index (χ1v) is 6.66. The van der Waals surface area contributed by atoms with Crippen LogP contribution in [-0.2, 0) is 0 Å². The monoisotopic (exact) mass is 323 g/mol. The van der Waals surface area contributed by atoms with Gasteiger partial charge in [-0.05, 0) is 25.1 Å². The Labute approximate surface area is 119 Å². The fourth-order valence-corrected chi connectivity index (χ4v) is 1.99. The predicted octanol–water partition coefficient (Wildman–Crippen LogP) is 2.74. The highest BCUT2D eigenvalue weighted by Crippen LogP contribution is 2.26. The number of carbonyl (C=O) groups is 1. The van der Waals surface area contributed by atoms with Crippen molar-refractivity contribution in [1.82, 2.24) is 5.32 Å². The number of carbonyl (C=O) groups excluding carboxylic acids is 1. The number of aliphatic hydroxyl groups excluding tert-OH is 1. The molecule has 5 heteroatoms. The lowest BCUT2D eigenvalue weighted by Gasteiger charge is -2.00. The SMILES string of the molecule is Cc1oc(-c2ccc(Br)cc2)cc1C(=O)NCCO. The van der Waals surface area contributed by atoms with Crippen LogP contribution in [0.1, 0.15) is 16.1 Å². The van der Waals surface area contributed by atoms with Gasteiger partial charge in [-0.3, -0.25) is 4.79 Å². The molecule has 2 aromatic rings. The van der Waals surface area contributed by atoms with E-state index in [-0.39, 0.29) is 19.1 Å². The molecule has 0 radical (unpaired) electrons. The second-order valence-corrected chi connectivity index (χ2v) is 4.98. The normalized spacial score (nSPS) is 10.5. The van der Waals surface area contributed by atoms with Gasteiger partial charge in [0, 0.05) is 16.6 Å². The number of amides is 1. The average molecular weight is 324 g/mol. The minimum atomic E-state index is -0.237. The maximum Gasteiger partial charge on any atom is 0.254 e. The van der Waals surface area contributed by atoms with Crippen molar-refractivity contribution >= 4 is 21.8 Å². The second-order valence-electron chi connectivity index (χ2n) is 4.07. The molecule has 2 rings (SSSR count). The fraction of sp³-hybridized carbons (Fsp3) is 0.214. The molecule has 0 aliphatic carbocycles. The Morgan fingerprint density at radius 1 is 1.37 bits per heavy atom. The second kappa shape index (κ2) is 6.04.